The van der Waals surface area contributed by atoms with Gasteiger partial charge in [0.2, 0.25) is 0 Å². The first-order valence-corrected chi connectivity index (χ1v) is 4.50. The van der Waals surface area contributed by atoms with E-state index in [1.165, 1.54) is 6.92 Å². The van der Waals surface area contributed by atoms with Crippen molar-refractivity contribution in [2.24, 2.45) is 5.73 Å². The Morgan fingerprint density at radius 3 is 2.12 bits per heavy atom. The summed E-state index contributed by atoms with van der Waals surface area (Å²) in [5.41, 5.74) is 4.32. The lowest BCUT2D eigenvalue weighted by molar-refractivity contribution is -0.142. The number of phenols is 3. The van der Waals surface area contributed by atoms with Gasteiger partial charge in [0.1, 0.15) is 5.54 Å². The predicted molar refractivity (Wildman–Crippen MR) is 55.4 cm³/mol. The Kier molecular flexibility index (Phi) is 2.95. The number of carboxylic acids is 1. The van der Waals surface area contributed by atoms with Crippen LogP contribution >= 0.6 is 0 Å². The fraction of sp³-hybridized carbons (Fsp3) is 0.300. The van der Waals surface area contributed by atoms with E-state index >= 15 is 0 Å². The van der Waals surface area contributed by atoms with Crippen molar-refractivity contribution in [1.82, 2.24) is 0 Å². The van der Waals surface area contributed by atoms with Crippen LogP contribution in [0.15, 0.2) is 12.1 Å². The highest BCUT2D eigenvalue weighted by Gasteiger charge is 2.28. The highest BCUT2D eigenvalue weighted by molar-refractivity contribution is 5.78. The summed E-state index contributed by atoms with van der Waals surface area (Å²) >= 11 is 0. The van der Waals surface area contributed by atoms with Crippen molar-refractivity contribution in [2.45, 2.75) is 18.9 Å². The normalized spacial score (nSPS) is 14.4. The largest absolute Gasteiger partial charge is 0.504 e. The first-order chi connectivity index (χ1) is 7.24. The molecule has 0 radical (unpaired) electrons. The molecule has 0 amide bonds. The van der Waals surface area contributed by atoms with E-state index in [1.54, 1.807) is 0 Å². The summed E-state index contributed by atoms with van der Waals surface area (Å²) in [5.74, 6) is -2.87. The lowest BCUT2D eigenvalue weighted by Crippen LogP contribution is -2.46. The highest BCUT2D eigenvalue weighted by atomic mass is 16.4. The van der Waals surface area contributed by atoms with Crippen LogP contribution in [0.1, 0.15) is 12.5 Å². The summed E-state index contributed by atoms with van der Waals surface area (Å²) in [6, 6.07) is 2.31. The molecule has 6 nitrogen and oxygen atoms in total. The molecule has 16 heavy (non-hydrogen) atoms. The van der Waals surface area contributed by atoms with Gasteiger partial charge in [-0.3, -0.25) is 4.79 Å². The van der Waals surface area contributed by atoms with Gasteiger partial charge in [-0.1, -0.05) is 0 Å². The van der Waals surface area contributed by atoms with Crippen LogP contribution in [-0.4, -0.2) is 31.9 Å². The van der Waals surface area contributed by atoms with E-state index in [9.17, 15) is 15.0 Å². The summed E-state index contributed by atoms with van der Waals surface area (Å²) in [6.07, 6.45) is -0.0796. The van der Waals surface area contributed by atoms with Gasteiger partial charge in [-0.05, 0) is 24.6 Å². The molecular formula is C10H13NO5. The van der Waals surface area contributed by atoms with Gasteiger partial charge in [-0.15, -0.1) is 0 Å². The lowest BCUT2D eigenvalue weighted by atomic mass is 9.94. The van der Waals surface area contributed by atoms with Crippen LogP contribution < -0.4 is 5.73 Å². The van der Waals surface area contributed by atoms with Crippen LogP contribution in [0.5, 0.6) is 17.2 Å². The molecule has 88 valence electrons. The van der Waals surface area contributed by atoms with Crippen molar-refractivity contribution >= 4 is 5.97 Å². The van der Waals surface area contributed by atoms with Crippen LogP contribution in [0.4, 0.5) is 0 Å². The first-order valence-electron chi connectivity index (χ1n) is 4.50. The molecule has 0 aliphatic carbocycles. The van der Waals surface area contributed by atoms with Gasteiger partial charge in [-0.25, -0.2) is 0 Å². The lowest BCUT2D eigenvalue weighted by Gasteiger charge is -2.19. The minimum atomic E-state index is -1.50. The molecule has 6 heteroatoms. The third-order valence-electron chi connectivity index (χ3n) is 2.19. The van der Waals surface area contributed by atoms with Gasteiger partial charge in [-0.2, -0.15) is 0 Å². The Morgan fingerprint density at radius 1 is 1.31 bits per heavy atom. The fourth-order valence-electron chi connectivity index (χ4n) is 1.26. The third-order valence-corrected chi connectivity index (χ3v) is 2.19. The molecule has 0 aliphatic heterocycles. The molecule has 0 saturated carbocycles. The Bertz CT molecular complexity index is 404. The summed E-state index contributed by atoms with van der Waals surface area (Å²) in [7, 11) is 0. The van der Waals surface area contributed by atoms with E-state index in [0.29, 0.717) is 5.56 Å². The first kappa shape index (κ1) is 12.1. The van der Waals surface area contributed by atoms with E-state index in [4.69, 9.17) is 15.9 Å². The zero-order valence-electron chi connectivity index (χ0n) is 8.64. The summed E-state index contributed by atoms with van der Waals surface area (Å²) in [5, 5.41) is 36.3. The van der Waals surface area contributed by atoms with E-state index < -0.39 is 28.8 Å². The molecule has 0 bridgehead atoms. The SMILES string of the molecule is CC(N)(Cc1cc(O)c(O)c(O)c1)C(=O)O. The average molecular weight is 227 g/mol. The van der Waals surface area contributed by atoms with Crippen LogP contribution in [0.2, 0.25) is 0 Å². The number of aromatic hydroxyl groups is 3. The van der Waals surface area contributed by atoms with E-state index in [1.807, 2.05) is 0 Å². The average Bonchev–Trinajstić information content (AvgIpc) is 2.13. The maximum Gasteiger partial charge on any atom is 0.323 e. The molecule has 0 saturated heterocycles. The van der Waals surface area contributed by atoms with E-state index in [0.717, 1.165) is 12.1 Å². The van der Waals surface area contributed by atoms with E-state index in [-0.39, 0.29) is 6.42 Å². The Labute approximate surface area is 91.6 Å². The zero-order chi connectivity index (χ0) is 12.5. The number of benzene rings is 1. The number of carbonyl (C=O) groups is 1. The maximum absolute atomic E-state index is 10.8. The monoisotopic (exact) mass is 227 g/mol. The number of hydrogen-bond donors (Lipinski definition) is 5. The van der Waals surface area contributed by atoms with Crippen molar-refractivity contribution < 1.29 is 25.2 Å². The number of aliphatic carboxylic acids is 1. The molecule has 0 spiro atoms. The topological polar surface area (TPSA) is 124 Å². The molecule has 0 aromatic heterocycles. The Hall–Kier alpha value is -1.95. The Morgan fingerprint density at radius 2 is 1.75 bits per heavy atom. The van der Waals surface area contributed by atoms with Crippen molar-refractivity contribution in [3.8, 4) is 17.2 Å². The van der Waals surface area contributed by atoms with Gasteiger partial charge in [0.15, 0.2) is 17.2 Å². The molecule has 1 atom stereocenters. The second-order valence-corrected chi connectivity index (χ2v) is 3.88. The second-order valence-electron chi connectivity index (χ2n) is 3.88. The molecule has 6 N–H and O–H groups in total. The molecule has 0 aliphatic rings. The molecule has 1 unspecified atom stereocenters. The second kappa shape index (κ2) is 3.90. The zero-order valence-corrected chi connectivity index (χ0v) is 8.64. The molecule has 1 aromatic carbocycles. The number of nitrogens with two attached hydrogens (primary N) is 1. The van der Waals surface area contributed by atoms with Crippen LogP contribution in [-0.2, 0) is 11.2 Å². The van der Waals surface area contributed by atoms with Gasteiger partial charge >= 0.3 is 5.97 Å². The predicted octanol–water partition coefficient (Wildman–Crippen LogP) is 0.148. The third kappa shape index (κ3) is 2.34. The number of phenolic OH excluding ortho intramolecular Hbond substituents is 3. The van der Waals surface area contributed by atoms with Gasteiger partial charge < -0.3 is 26.2 Å². The van der Waals surface area contributed by atoms with E-state index in [2.05, 4.69) is 0 Å². The molecule has 0 fully saturated rings. The van der Waals surface area contributed by atoms with Crippen LogP contribution in [0, 0.1) is 0 Å². The number of carboxylic acid groups (broad SMARTS) is 1. The summed E-state index contributed by atoms with van der Waals surface area (Å²) < 4.78 is 0. The smallest absolute Gasteiger partial charge is 0.323 e. The Balaban J connectivity index is 3.04. The van der Waals surface area contributed by atoms with Crippen molar-refractivity contribution in [1.29, 1.82) is 0 Å². The molecular weight excluding hydrogens is 214 g/mol. The van der Waals surface area contributed by atoms with Crippen molar-refractivity contribution in [3.63, 3.8) is 0 Å². The summed E-state index contributed by atoms with van der Waals surface area (Å²) in [6.45, 7) is 1.32. The fourth-order valence-corrected chi connectivity index (χ4v) is 1.26. The van der Waals surface area contributed by atoms with Crippen LogP contribution in [0.3, 0.4) is 0 Å². The number of rotatable bonds is 3. The van der Waals surface area contributed by atoms with Gasteiger partial charge in [0.25, 0.3) is 0 Å². The molecule has 0 heterocycles. The number of hydrogen-bond acceptors (Lipinski definition) is 5. The summed E-state index contributed by atoms with van der Waals surface area (Å²) in [4.78, 5) is 10.8. The van der Waals surface area contributed by atoms with Crippen LogP contribution in [0.25, 0.3) is 0 Å². The minimum Gasteiger partial charge on any atom is -0.504 e. The van der Waals surface area contributed by atoms with Crippen molar-refractivity contribution in [3.05, 3.63) is 17.7 Å². The molecule has 1 aromatic rings. The standard InChI is InChI=1S/C10H13NO5/c1-10(11,9(15)16)4-5-2-6(12)8(14)7(13)3-5/h2-3,12-14H,4,11H2,1H3,(H,15,16). The highest BCUT2D eigenvalue weighted by Crippen LogP contribution is 2.36. The quantitative estimate of drug-likeness (QED) is 0.468. The van der Waals surface area contributed by atoms with Crippen molar-refractivity contribution in [2.75, 3.05) is 0 Å². The minimum absolute atomic E-state index is 0.0796. The molecule has 1 rings (SSSR count). The van der Waals surface area contributed by atoms with Gasteiger partial charge in [0, 0.05) is 6.42 Å². The maximum atomic E-state index is 10.8. The van der Waals surface area contributed by atoms with Gasteiger partial charge in [0.05, 0.1) is 0 Å².